The second-order valence-corrected chi connectivity index (χ2v) is 10.3. The van der Waals surface area contributed by atoms with Gasteiger partial charge in [-0.2, -0.15) is 0 Å². The van der Waals surface area contributed by atoms with Gasteiger partial charge in [0.2, 0.25) is 23.6 Å². The fourth-order valence-corrected chi connectivity index (χ4v) is 5.05. The molecule has 0 aromatic heterocycles. The number of carbonyl (C=O) groups is 5. The minimum atomic E-state index is -1.19. The number of ether oxygens (including phenoxy) is 1. The van der Waals surface area contributed by atoms with Crippen molar-refractivity contribution in [2.45, 2.75) is 38.3 Å². The summed E-state index contributed by atoms with van der Waals surface area (Å²) in [5, 5.41) is 5.56. The van der Waals surface area contributed by atoms with Gasteiger partial charge < -0.3 is 30.1 Å². The molecule has 2 atom stereocenters. The van der Waals surface area contributed by atoms with Crippen LogP contribution in [-0.4, -0.2) is 103 Å². The zero-order valence-corrected chi connectivity index (χ0v) is 23.5. The van der Waals surface area contributed by atoms with Crippen molar-refractivity contribution in [1.82, 2.24) is 25.3 Å². The first-order valence-corrected chi connectivity index (χ1v) is 13.9. The molecular formula is C30H37N5O6. The van der Waals surface area contributed by atoms with Gasteiger partial charge in [0.1, 0.15) is 24.4 Å². The molecule has 2 aliphatic rings. The molecule has 4 rings (SSSR count). The summed E-state index contributed by atoms with van der Waals surface area (Å²) in [4.78, 5) is 70.6. The van der Waals surface area contributed by atoms with Crippen molar-refractivity contribution in [3.8, 4) is 5.75 Å². The number of nitrogens with zero attached hydrogens (tertiary/aromatic N) is 3. The predicted octanol–water partition coefficient (Wildman–Crippen LogP) is 0.834. The third kappa shape index (κ3) is 7.84. The molecule has 0 bridgehead atoms. The van der Waals surface area contributed by atoms with Gasteiger partial charge in [0.25, 0.3) is 5.91 Å². The highest BCUT2D eigenvalue weighted by Crippen LogP contribution is 2.19. The Morgan fingerprint density at radius 2 is 1.56 bits per heavy atom. The minimum Gasteiger partial charge on any atom is -0.491 e. The van der Waals surface area contributed by atoms with Crippen molar-refractivity contribution >= 4 is 29.5 Å². The fraction of sp³-hybridized carbons (Fsp3) is 0.433. The molecule has 0 saturated carbocycles. The molecular weight excluding hydrogens is 526 g/mol. The number of fused-ring (bicyclic) bond motifs is 1. The smallest absolute Gasteiger partial charge is 0.255 e. The average Bonchev–Trinajstić information content (AvgIpc) is 3.23. The third-order valence-electron chi connectivity index (χ3n) is 7.35. The van der Waals surface area contributed by atoms with Crippen LogP contribution >= 0.6 is 0 Å². The van der Waals surface area contributed by atoms with Gasteiger partial charge in [-0.05, 0) is 24.1 Å². The van der Waals surface area contributed by atoms with E-state index in [-0.39, 0.29) is 49.9 Å². The Morgan fingerprint density at radius 1 is 0.878 bits per heavy atom. The Hall–Kier alpha value is -4.41. The van der Waals surface area contributed by atoms with Crippen molar-refractivity contribution in [2.24, 2.45) is 0 Å². The lowest BCUT2D eigenvalue weighted by Gasteiger charge is -2.29. The highest BCUT2D eigenvalue weighted by Gasteiger charge is 2.33. The maximum Gasteiger partial charge on any atom is 0.255 e. The summed E-state index contributed by atoms with van der Waals surface area (Å²) in [6.07, 6.45) is 0.481. The van der Waals surface area contributed by atoms with Gasteiger partial charge in [-0.1, -0.05) is 42.5 Å². The van der Waals surface area contributed by atoms with Crippen molar-refractivity contribution in [1.29, 1.82) is 0 Å². The van der Waals surface area contributed by atoms with E-state index in [0.29, 0.717) is 31.8 Å². The molecule has 1 fully saturated rings. The van der Waals surface area contributed by atoms with Crippen LogP contribution in [0.1, 0.15) is 35.7 Å². The molecule has 2 heterocycles. The first-order valence-electron chi connectivity index (χ1n) is 13.9. The van der Waals surface area contributed by atoms with Crippen LogP contribution in [0.5, 0.6) is 5.75 Å². The van der Waals surface area contributed by atoms with E-state index in [9.17, 15) is 24.0 Å². The molecule has 1 saturated heterocycles. The highest BCUT2D eigenvalue weighted by molar-refractivity contribution is 6.01. The summed E-state index contributed by atoms with van der Waals surface area (Å²) < 4.78 is 5.88. The molecule has 2 aromatic rings. The number of rotatable bonds is 3. The van der Waals surface area contributed by atoms with Crippen molar-refractivity contribution < 1.29 is 28.7 Å². The molecule has 0 aliphatic carbocycles. The number of hydrogen-bond acceptors (Lipinski definition) is 6. The number of carbonyl (C=O) groups excluding carboxylic acids is 5. The van der Waals surface area contributed by atoms with Crippen LogP contribution in [0.2, 0.25) is 0 Å². The number of para-hydroxylation sites is 1. The SMILES string of the molecule is CC(=O)N1CCCN(C(=O)[C@@H]2CC(=O)N[C@@H](Cc3ccccc3)C(=O)N(C)CCOc3ccccc3C(=O)N2)CC1. The first-order chi connectivity index (χ1) is 19.7. The van der Waals surface area contributed by atoms with E-state index >= 15 is 0 Å². The topological polar surface area (TPSA) is 128 Å². The zero-order chi connectivity index (χ0) is 29.4. The Bertz CT molecular complexity index is 1270. The molecule has 0 unspecified atom stereocenters. The van der Waals surface area contributed by atoms with Crippen LogP contribution in [0.4, 0.5) is 0 Å². The number of amides is 5. The van der Waals surface area contributed by atoms with Gasteiger partial charge in [0.05, 0.1) is 18.5 Å². The Kier molecular flexibility index (Phi) is 9.94. The molecule has 2 aliphatic heterocycles. The molecule has 11 nitrogen and oxygen atoms in total. The summed E-state index contributed by atoms with van der Waals surface area (Å²) in [5.41, 5.74) is 1.09. The Balaban J connectivity index is 1.62. The summed E-state index contributed by atoms with van der Waals surface area (Å²) in [5.74, 6) is -1.55. The summed E-state index contributed by atoms with van der Waals surface area (Å²) in [6, 6.07) is 13.9. The second kappa shape index (κ2) is 13.8. The van der Waals surface area contributed by atoms with Crippen LogP contribution in [0, 0.1) is 0 Å². The van der Waals surface area contributed by atoms with Crippen LogP contribution in [0.3, 0.4) is 0 Å². The van der Waals surface area contributed by atoms with E-state index in [0.717, 1.165) is 5.56 Å². The van der Waals surface area contributed by atoms with Gasteiger partial charge in [0, 0.05) is 46.6 Å². The number of hydrogen-bond donors (Lipinski definition) is 2. The van der Waals surface area contributed by atoms with E-state index in [1.807, 2.05) is 30.3 Å². The number of benzene rings is 2. The van der Waals surface area contributed by atoms with Crippen LogP contribution < -0.4 is 15.4 Å². The maximum atomic E-state index is 13.7. The molecule has 5 amide bonds. The van der Waals surface area contributed by atoms with Crippen LogP contribution in [0.15, 0.2) is 54.6 Å². The molecule has 2 N–H and O–H groups in total. The Labute approximate surface area is 239 Å². The van der Waals surface area contributed by atoms with Crippen molar-refractivity contribution in [3.05, 3.63) is 65.7 Å². The first kappa shape index (κ1) is 29.6. The fourth-order valence-electron chi connectivity index (χ4n) is 5.05. The lowest BCUT2D eigenvalue weighted by molar-refractivity contribution is -0.138. The van der Waals surface area contributed by atoms with E-state index in [2.05, 4.69) is 10.6 Å². The van der Waals surface area contributed by atoms with Crippen LogP contribution in [-0.2, 0) is 25.6 Å². The molecule has 41 heavy (non-hydrogen) atoms. The molecule has 218 valence electrons. The molecule has 0 spiro atoms. The van der Waals surface area contributed by atoms with E-state index in [1.54, 1.807) is 41.1 Å². The lowest BCUT2D eigenvalue weighted by Crippen LogP contribution is -2.54. The normalized spacial score (nSPS) is 21.0. The maximum absolute atomic E-state index is 13.7. The minimum absolute atomic E-state index is 0.0688. The largest absolute Gasteiger partial charge is 0.491 e. The monoisotopic (exact) mass is 563 g/mol. The zero-order valence-electron chi connectivity index (χ0n) is 23.5. The third-order valence-corrected chi connectivity index (χ3v) is 7.35. The average molecular weight is 564 g/mol. The van der Waals surface area contributed by atoms with Gasteiger partial charge in [-0.25, -0.2) is 0 Å². The quantitative estimate of drug-likeness (QED) is 0.570. The Morgan fingerprint density at radius 3 is 2.32 bits per heavy atom. The van der Waals surface area contributed by atoms with E-state index in [4.69, 9.17) is 4.74 Å². The number of likely N-dealkylation sites (N-methyl/N-ethyl adjacent to an activating group) is 1. The van der Waals surface area contributed by atoms with E-state index in [1.165, 1.54) is 11.8 Å². The highest BCUT2D eigenvalue weighted by atomic mass is 16.5. The molecule has 11 heteroatoms. The number of nitrogens with one attached hydrogen (secondary N) is 2. The predicted molar refractivity (Wildman–Crippen MR) is 151 cm³/mol. The summed E-state index contributed by atoms with van der Waals surface area (Å²) >= 11 is 0. The standard InChI is InChI=1S/C30H37N5O6/c1-21(36)34-13-8-14-35(16-15-34)30(40)25-20-27(37)31-24(19-22-9-4-3-5-10-22)29(39)33(2)17-18-41-26-12-7-6-11-23(26)28(38)32-25/h3-7,9-12,24-25H,8,13-20H2,1-2H3,(H,31,37)(H,32,38)/t24-,25-/m0/s1. The summed E-state index contributed by atoms with van der Waals surface area (Å²) in [7, 11) is 1.64. The molecule has 0 radical (unpaired) electrons. The lowest BCUT2D eigenvalue weighted by atomic mass is 10.0. The van der Waals surface area contributed by atoms with Crippen LogP contribution in [0.25, 0.3) is 0 Å². The van der Waals surface area contributed by atoms with Gasteiger partial charge in [-0.3, -0.25) is 24.0 Å². The van der Waals surface area contributed by atoms with Gasteiger partial charge in [0.15, 0.2) is 0 Å². The molecule has 2 aromatic carbocycles. The van der Waals surface area contributed by atoms with Crippen molar-refractivity contribution in [3.63, 3.8) is 0 Å². The van der Waals surface area contributed by atoms with Gasteiger partial charge in [-0.15, -0.1) is 0 Å². The van der Waals surface area contributed by atoms with Gasteiger partial charge >= 0.3 is 0 Å². The van der Waals surface area contributed by atoms with E-state index < -0.39 is 29.8 Å². The van der Waals surface area contributed by atoms with Crippen molar-refractivity contribution in [2.75, 3.05) is 46.4 Å². The second-order valence-electron chi connectivity index (χ2n) is 10.3. The summed E-state index contributed by atoms with van der Waals surface area (Å²) in [6.45, 7) is 3.42.